The van der Waals surface area contributed by atoms with Gasteiger partial charge < -0.3 is 10.4 Å². The molecule has 0 fully saturated rings. The van der Waals surface area contributed by atoms with Crippen LogP contribution in [0.25, 0.3) is 11.5 Å². The molecule has 3 aromatic rings. The molecule has 0 aliphatic rings. The molecule has 7 heteroatoms. The molecule has 0 aliphatic carbocycles. The molecule has 0 aliphatic heterocycles. The van der Waals surface area contributed by atoms with E-state index in [2.05, 4.69) is 5.32 Å². The molecular weight excluding hydrogens is 447 g/mol. The maximum atomic E-state index is 11.2. The molecule has 0 amide bonds. The predicted molar refractivity (Wildman–Crippen MR) is 126 cm³/mol. The van der Waals surface area contributed by atoms with E-state index in [4.69, 9.17) is 47.0 Å². The van der Waals surface area contributed by atoms with Crippen molar-refractivity contribution in [3.05, 3.63) is 92.7 Å². The van der Waals surface area contributed by atoms with Gasteiger partial charge in [0, 0.05) is 32.9 Å². The summed E-state index contributed by atoms with van der Waals surface area (Å²) < 4.78 is 1.75. The van der Waals surface area contributed by atoms with Gasteiger partial charge in [-0.1, -0.05) is 53.1 Å². The van der Waals surface area contributed by atoms with Crippen LogP contribution in [-0.4, -0.2) is 10.1 Å². The summed E-state index contributed by atoms with van der Waals surface area (Å²) in [6.07, 6.45) is 3.67. The number of nitrogens with zero attached hydrogens (tertiary/aromatic N) is 1. The van der Waals surface area contributed by atoms with Gasteiger partial charge in [-0.25, -0.2) is 0 Å². The Balaban J connectivity index is 2.16. The Labute approximate surface area is 190 Å². The first-order valence-corrected chi connectivity index (χ1v) is 10.3. The van der Waals surface area contributed by atoms with Crippen molar-refractivity contribution in [1.82, 2.24) is 0 Å². The summed E-state index contributed by atoms with van der Waals surface area (Å²) in [4.78, 5) is 0.305. The van der Waals surface area contributed by atoms with Crippen molar-refractivity contribution in [2.45, 2.75) is 13.8 Å². The van der Waals surface area contributed by atoms with Crippen LogP contribution >= 0.6 is 47.0 Å². The van der Waals surface area contributed by atoms with Gasteiger partial charge in [-0.05, 0) is 55.8 Å². The topological polar surface area (TPSA) is 36.1 Å². The number of aryl methyl sites for hydroxylation is 1. The number of aliphatic hydroxyl groups is 1. The van der Waals surface area contributed by atoms with Crippen LogP contribution in [0, 0.1) is 13.8 Å². The van der Waals surface area contributed by atoms with E-state index in [0.29, 0.717) is 31.3 Å². The Hall–Kier alpha value is -2.11. The third-order valence-corrected chi connectivity index (χ3v) is 5.62. The molecule has 0 spiro atoms. The zero-order valence-electron chi connectivity index (χ0n) is 15.7. The summed E-state index contributed by atoms with van der Waals surface area (Å²) in [7, 11) is 0. The molecule has 0 saturated heterocycles. The van der Waals surface area contributed by atoms with Crippen LogP contribution in [0.15, 0.2) is 60.9 Å². The molecule has 0 atom stereocenters. The highest BCUT2D eigenvalue weighted by atomic mass is 35.5. The fourth-order valence-corrected chi connectivity index (χ4v) is 3.68. The molecule has 0 saturated carbocycles. The highest BCUT2D eigenvalue weighted by molar-refractivity contribution is 7.81. The van der Waals surface area contributed by atoms with Gasteiger partial charge in [-0.3, -0.25) is 0 Å². The first kappa shape index (κ1) is 21.6. The van der Waals surface area contributed by atoms with E-state index in [1.807, 2.05) is 44.3 Å². The lowest BCUT2D eigenvalue weighted by Crippen LogP contribution is -2.38. The summed E-state index contributed by atoms with van der Waals surface area (Å²) in [5.41, 5.74) is 3.35. The quantitative estimate of drug-likeness (QED) is 0.191. The summed E-state index contributed by atoms with van der Waals surface area (Å²) in [5, 5.41) is 15.8. The number of thiocarbonyl (C=S) groups is 1. The number of hydrogen-bond acceptors (Lipinski definition) is 2. The van der Waals surface area contributed by atoms with Gasteiger partial charge >= 0.3 is 0 Å². The van der Waals surface area contributed by atoms with Crippen molar-refractivity contribution in [3.63, 3.8) is 0 Å². The molecule has 2 N–H and O–H groups in total. The molecule has 1 heterocycles. The van der Waals surface area contributed by atoms with Gasteiger partial charge in [0.1, 0.15) is 0 Å². The average molecular weight is 465 g/mol. The van der Waals surface area contributed by atoms with Crippen molar-refractivity contribution < 1.29 is 9.67 Å². The van der Waals surface area contributed by atoms with Crippen LogP contribution < -0.4 is 9.88 Å². The Morgan fingerprint density at radius 3 is 2.48 bits per heavy atom. The normalized spacial score (nSPS) is 11.8. The third-order valence-electron chi connectivity index (χ3n) is 4.35. The highest BCUT2D eigenvalue weighted by Crippen LogP contribution is 2.29. The molecule has 2 aromatic carbocycles. The number of rotatable bonds is 4. The SMILES string of the molecule is Cc1ccc[n+](/C(C(=S)Nc2cccc(Cl)c2C)=C(/O)c2cc(Cl)ccc2Cl)c1. The Morgan fingerprint density at radius 1 is 1.00 bits per heavy atom. The smallest absolute Gasteiger partial charge is 0.288 e. The maximum Gasteiger partial charge on any atom is 0.288 e. The van der Waals surface area contributed by atoms with E-state index < -0.39 is 0 Å². The third kappa shape index (κ3) is 4.90. The van der Waals surface area contributed by atoms with Crippen molar-refractivity contribution in [2.24, 2.45) is 0 Å². The summed E-state index contributed by atoms with van der Waals surface area (Å²) in [6.45, 7) is 3.85. The van der Waals surface area contributed by atoms with Crippen molar-refractivity contribution in [2.75, 3.05) is 5.32 Å². The number of nitrogens with one attached hydrogen (secondary N) is 1. The Bertz CT molecular complexity index is 1130. The largest absolute Gasteiger partial charge is 0.502 e. The molecule has 29 heavy (non-hydrogen) atoms. The zero-order valence-corrected chi connectivity index (χ0v) is 18.8. The molecule has 3 nitrogen and oxygen atoms in total. The van der Waals surface area contributed by atoms with Gasteiger partial charge in [0.25, 0.3) is 5.70 Å². The van der Waals surface area contributed by atoms with Crippen molar-refractivity contribution >= 4 is 69.2 Å². The van der Waals surface area contributed by atoms with Crippen molar-refractivity contribution in [3.8, 4) is 0 Å². The fraction of sp³-hybridized carbons (Fsp3) is 0.0909. The van der Waals surface area contributed by atoms with Crippen LogP contribution in [0.3, 0.4) is 0 Å². The number of halogens is 3. The highest BCUT2D eigenvalue weighted by Gasteiger charge is 2.26. The minimum absolute atomic E-state index is 0.0923. The first-order valence-electron chi connectivity index (χ1n) is 8.71. The average Bonchev–Trinajstić information content (AvgIpc) is 2.67. The van der Waals surface area contributed by atoms with E-state index >= 15 is 0 Å². The number of pyridine rings is 1. The van der Waals surface area contributed by atoms with E-state index in [-0.39, 0.29) is 5.76 Å². The van der Waals surface area contributed by atoms with E-state index in [9.17, 15) is 5.11 Å². The Morgan fingerprint density at radius 2 is 1.76 bits per heavy atom. The van der Waals surface area contributed by atoms with Crippen LogP contribution in [0.5, 0.6) is 0 Å². The van der Waals surface area contributed by atoms with Gasteiger partial charge in [0.05, 0.1) is 5.02 Å². The molecular formula is C22H18Cl3N2OS+. The van der Waals surface area contributed by atoms with Crippen LogP contribution in [-0.2, 0) is 0 Å². The molecule has 0 bridgehead atoms. The number of aliphatic hydroxyl groups excluding tert-OH is 1. The molecule has 0 radical (unpaired) electrons. The summed E-state index contributed by atoms with van der Waals surface area (Å²) in [5.74, 6) is -0.0923. The number of aromatic nitrogens is 1. The predicted octanol–water partition coefficient (Wildman–Crippen LogP) is 6.87. The van der Waals surface area contributed by atoms with E-state index in [0.717, 1.165) is 16.8 Å². The van der Waals surface area contributed by atoms with Crippen molar-refractivity contribution in [1.29, 1.82) is 0 Å². The molecule has 1 aromatic heterocycles. The second-order valence-corrected chi connectivity index (χ2v) is 8.14. The first-order chi connectivity index (χ1) is 13.8. The molecule has 3 rings (SSSR count). The van der Waals surface area contributed by atoms with E-state index in [1.165, 1.54) is 0 Å². The van der Waals surface area contributed by atoms with Crippen LogP contribution in [0.4, 0.5) is 5.69 Å². The van der Waals surface area contributed by atoms with Gasteiger partial charge in [-0.15, -0.1) is 0 Å². The number of benzene rings is 2. The van der Waals surface area contributed by atoms with Gasteiger partial charge in [0.15, 0.2) is 17.4 Å². The zero-order chi connectivity index (χ0) is 21.1. The van der Waals surface area contributed by atoms with E-state index in [1.54, 1.807) is 35.0 Å². The van der Waals surface area contributed by atoms with Gasteiger partial charge in [-0.2, -0.15) is 4.57 Å². The van der Waals surface area contributed by atoms with Crippen LogP contribution in [0.2, 0.25) is 15.1 Å². The second kappa shape index (κ2) is 9.14. The standard InChI is InChI=1S/C22H17Cl3N2OS/c1-13-5-4-10-27(12-13)20(21(28)16-11-15(23)8-9-18(16)25)22(29)26-19-7-3-6-17(24)14(19)2/h3-12H,1-2H3,(H-,26,28,29)/p+1. The minimum Gasteiger partial charge on any atom is -0.502 e. The lowest BCUT2D eigenvalue weighted by molar-refractivity contribution is -0.576. The van der Waals surface area contributed by atoms with Gasteiger partial charge in [0.2, 0.25) is 5.76 Å². The lowest BCUT2D eigenvalue weighted by atomic mass is 10.1. The summed E-state index contributed by atoms with van der Waals surface area (Å²) in [6, 6.07) is 14.2. The number of anilines is 1. The monoisotopic (exact) mass is 463 g/mol. The van der Waals surface area contributed by atoms with Crippen LogP contribution in [0.1, 0.15) is 16.7 Å². The minimum atomic E-state index is -0.0923. The fourth-order valence-electron chi connectivity index (χ4n) is 2.81. The molecule has 148 valence electrons. The second-order valence-electron chi connectivity index (χ2n) is 6.48. The molecule has 0 unspecified atom stereocenters. The lowest BCUT2D eigenvalue weighted by Gasteiger charge is -2.13. The Kier molecular flexibility index (Phi) is 6.81. The maximum absolute atomic E-state index is 11.2. The number of hydrogen-bond donors (Lipinski definition) is 2. The summed E-state index contributed by atoms with van der Waals surface area (Å²) >= 11 is 24.3.